The van der Waals surface area contributed by atoms with E-state index < -0.39 is 5.97 Å². The van der Waals surface area contributed by atoms with E-state index in [1.54, 1.807) is 6.07 Å². The molecule has 2 aliphatic rings. The summed E-state index contributed by atoms with van der Waals surface area (Å²) in [6.45, 7) is 2.87. The Hall–Kier alpha value is -1.33. The van der Waals surface area contributed by atoms with Crippen molar-refractivity contribution < 1.29 is 18.7 Å². The zero-order valence-electron chi connectivity index (χ0n) is 11.9. The van der Waals surface area contributed by atoms with Gasteiger partial charge < -0.3 is 19.2 Å². The van der Waals surface area contributed by atoms with Crippen molar-refractivity contribution in [3.05, 3.63) is 23.7 Å². The number of hydrogen-bond acceptors (Lipinski definition) is 5. The average Bonchev–Trinajstić information content (AvgIpc) is 3.00. The minimum absolute atomic E-state index is 0.0568. The van der Waals surface area contributed by atoms with Crippen LogP contribution in [0.2, 0.25) is 0 Å². The normalized spacial score (nSPS) is 27.5. The molecule has 0 spiro atoms. The van der Waals surface area contributed by atoms with Crippen LogP contribution in [0.1, 0.15) is 48.5 Å². The van der Waals surface area contributed by atoms with Gasteiger partial charge in [-0.3, -0.25) is 0 Å². The second-order valence-corrected chi connectivity index (χ2v) is 5.65. The van der Waals surface area contributed by atoms with Gasteiger partial charge in [0, 0.05) is 12.6 Å². The number of furan rings is 1. The van der Waals surface area contributed by atoms with Gasteiger partial charge in [0.05, 0.1) is 19.3 Å². The highest BCUT2D eigenvalue weighted by Crippen LogP contribution is 2.39. The van der Waals surface area contributed by atoms with E-state index in [1.807, 2.05) is 13.0 Å². The third-order valence-electron chi connectivity index (χ3n) is 4.13. The molecule has 3 atom stereocenters. The highest BCUT2D eigenvalue weighted by Gasteiger charge is 2.41. The summed E-state index contributed by atoms with van der Waals surface area (Å²) in [6, 6.07) is 3.92. The van der Waals surface area contributed by atoms with Gasteiger partial charge >= 0.3 is 5.97 Å². The van der Waals surface area contributed by atoms with Crippen LogP contribution < -0.4 is 5.32 Å². The molecule has 1 aromatic rings. The van der Waals surface area contributed by atoms with Gasteiger partial charge in [-0.25, -0.2) is 4.79 Å². The first-order valence-electron chi connectivity index (χ1n) is 7.24. The maximum absolute atomic E-state index is 11.4. The molecule has 1 N–H and O–H groups in total. The second-order valence-electron chi connectivity index (χ2n) is 5.65. The van der Waals surface area contributed by atoms with Crippen molar-refractivity contribution in [2.24, 2.45) is 5.92 Å². The first kappa shape index (κ1) is 13.6. The standard InChI is InChI=1S/C15H21NO4/c1-9(12-5-6-13(20-12)15(17)18-2)16-11-7-8-19-14(11)10-3-4-10/h5-6,9-11,14,16H,3-4,7-8H2,1-2H3. The van der Waals surface area contributed by atoms with Crippen LogP contribution in [0.3, 0.4) is 0 Å². The molecule has 2 fully saturated rings. The van der Waals surface area contributed by atoms with Crippen LogP contribution in [0.15, 0.2) is 16.5 Å². The van der Waals surface area contributed by atoms with Gasteiger partial charge in [0.15, 0.2) is 0 Å². The van der Waals surface area contributed by atoms with E-state index in [1.165, 1.54) is 20.0 Å². The lowest BCUT2D eigenvalue weighted by molar-refractivity contribution is 0.0560. The van der Waals surface area contributed by atoms with E-state index in [0.29, 0.717) is 12.1 Å². The van der Waals surface area contributed by atoms with E-state index in [4.69, 9.17) is 9.15 Å². The van der Waals surface area contributed by atoms with Crippen molar-refractivity contribution in [1.29, 1.82) is 0 Å². The van der Waals surface area contributed by atoms with Crippen molar-refractivity contribution in [2.45, 2.75) is 44.4 Å². The lowest BCUT2D eigenvalue weighted by atomic mass is 10.0. The van der Waals surface area contributed by atoms with E-state index in [9.17, 15) is 4.79 Å². The molecule has 3 unspecified atom stereocenters. The summed E-state index contributed by atoms with van der Waals surface area (Å²) < 4.78 is 16.0. The summed E-state index contributed by atoms with van der Waals surface area (Å²) in [6.07, 6.45) is 3.94. The molecule has 1 aromatic heterocycles. The Morgan fingerprint density at radius 1 is 1.40 bits per heavy atom. The summed E-state index contributed by atoms with van der Waals surface area (Å²) in [4.78, 5) is 11.4. The minimum atomic E-state index is -0.441. The van der Waals surface area contributed by atoms with Gasteiger partial charge in [0.2, 0.25) is 5.76 Å². The van der Waals surface area contributed by atoms with Crippen molar-refractivity contribution in [3.8, 4) is 0 Å². The Balaban J connectivity index is 1.62. The molecule has 0 amide bonds. The van der Waals surface area contributed by atoms with Gasteiger partial charge in [-0.1, -0.05) is 0 Å². The fourth-order valence-corrected chi connectivity index (χ4v) is 2.88. The van der Waals surface area contributed by atoms with Crippen LogP contribution in [-0.4, -0.2) is 31.8 Å². The monoisotopic (exact) mass is 279 g/mol. The molecule has 1 aliphatic carbocycles. The molecule has 1 aliphatic heterocycles. The summed E-state index contributed by atoms with van der Waals surface area (Å²) in [5, 5.41) is 3.57. The Labute approximate surface area is 118 Å². The molecule has 110 valence electrons. The number of methoxy groups -OCH3 is 1. The molecule has 5 heteroatoms. The maximum Gasteiger partial charge on any atom is 0.373 e. The number of hydrogen-bond donors (Lipinski definition) is 1. The van der Waals surface area contributed by atoms with Gasteiger partial charge in [0.25, 0.3) is 0 Å². The predicted molar refractivity (Wildman–Crippen MR) is 72.5 cm³/mol. The van der Waals surface area contributed by atoms with E-state index in [0.717, 1.165) is 24.7 Å². The number of nitrogens with one attached hydrogen (secondary N) is 1. The first-order chi connectivity index (χ1) is 9.69. The number of carbonyl (C=O) groups excluding carboxylic acids is 1. The molecule has 20 heavy (non-hydrogen) atoms. The van der Waals surface area contributed by atoms with Crippen LogP contribution >= 0.6 is 0 Å². The molecule has 2 heterocycles. The van der Waals surface area contributed by atoms with Crippen molar-refractivity contribution >= 4 is 5.97 Å². The quantitative estimate of drug-likeness (QED) is 0.838. The SMILES string of the molecule is COC(=O)c1ccc(C(C)NC2CCOC2C2CC2)o1. The molecule has 0 aromatic carbocycles. The van der Waals surface area contributed by atoms with Crippen LogP contribution in [0.5, 0.6) is 0 Å². The Morgan fingerprint density at radius 3 is 2.90 bits per heavy atom. The van der Waals surface area contributed by atoms with Gasteiger partial charge in [-0.2, -0.15) is 0 Å². The Bertz CT molecular complexity index is 480. The average molecular weight is 279 g/mol. The van der Waals surface area contributed by atoms with E-state index >= 15 is 0 Å². The molecule has 3 rings (SSSR count). The maximum atomic E-state index is 11.4. The number of carbonyl (C=O) groups is 1. The van der Waals surface area contributed by atoms with Crippen LogP contribution in [0, 0.1) is 5.92 Å². The highest BCUT2D eigenvalue weighted by molar-refractivity contribution is 5.86. The molecule has 0 bridgehead atoms. The van der Waals surface area contributed by atoms with Gasteiger partial charge in [-0.05, 0) is 44.2 Å². The highest BCUT2D eigenvalue weighted by atomic mass is 16.5. The molecule has 5 nitrogen and oxygen atoms in total. The minimum Gasteiger partial charge on any atom is -0.463 e. The van der Waals surface area contributed by atoms with Gasteiger partial charge in [0.1, 0.15) is 5.76 Å². The van der Waals surface area contributed by atoms with Crippen molar-refractivity contribution in [2.75, 3.05) is 13.7 Å². The molecule has 1 saturated heterocycles. The second kappa shape index (κ2) is 5.58. The van der Waals surface area contributed by atoms with Crippen molar-refractivity contribution in [1.82, 2.24) is 5.32 Å². The molecular formula is C15H21NO4. The summed E-state index contributed by atoms with van der Waals surface area (Å²) in [7, 11) is 1.35. The first-order valence-corrected chi connectivity index (χ1v) is 7.24. The summed E-state index contributed by atoms with van der Waals surface area (Å²) >= 11 is 0. The van der Waals surface area contributed by atoms with E-state index in [-0.39, 0.29) is 11.8 Å². The number of rotatable bonds is 5. The third kappa shape index (κ3) is 2.74. The lowest BCUT2D eigenvalue weighted by Gasteiger charge is -2.22. The van der Waals surface area contributed by atoms with Crippen LogP contribution in [0.25, 0.3) is 0 Å². The van der Waals surface area contributed by atoms with Gasteiger partial charge in [-0.15, -0.1) is 0 Å². The Morgan fingerprint density at radius 2 is 2.20 bits per heavy atom. The predicted octanol–water partition coefficient (Wildman–Crippen LogP) is 2.28. The van der Waals surface area contributed by atoms with Crippen LogP contribution in [-0.2, 0) is 9.47 Å². The largest absolute Gasteiger partial charge is 0.463 e. The molecule has 0 radical (unpaired) electrons. The number of esters is 1. The fourth-order valence-electron chi connectivity index (χ4n) is 2.88. The van der Waals surface area contributed by atoms with E-state index in [2.05, 4.69) is 10.1 Å². The summed E-state index contributed by atoms with van der Waals surface area (Å²) in [5.74, 6) is 1.29. The topological polar surface area (TPSA) is 60.7 Å². The molecule has 1 saturated carbocycles. The molecular weight excluding hydrogens is 258 g/mol. The van der Waals surface area contributed by atoms with Crippen molar-refractivity contribution in [3.63, 3.8) is 0 Å². The smallest absolute Gasteiger partial charge is 0.373 e. The fraction of sp³-hybridized carbons (Fsp3) is 0.667. The zero-order chi connectivity index (χ0) is 14.1. The third-order valence-corrected chi connectivity index (χ3v) is 4.13. The summed E-state index contributed by atoms with van der Waals surface area (Å²) in [5.41, 5.74) is 0. The lowest BCUT2D eigenvalue weighted by Crippen LogP contribution is -2.39. The number of ether oxygens (including phenoxy) is 2. The Kier molecular flexibility index (Phi) is 3.81. The van der Waals surface area contributed by atoms with Crippen LogP contribution in [0.4, 0.5) is 0 Å². The zero-order valence-corrected chi connectivity index (χ0v) is 11.9.